The maximum atomic E-state index is 13.2. The average molecular weight is 215 g/mol. The van der Waals surface area contributed by atoms with Gasteiger partial charge in [-0.05, 0) is 6.92 Å². The molecule has 0 aliphatic heterocycles. The van der Waals surface area contributed by atoms with E-state index in [-0.39, 0.29) is 0 Å². The van der Waals surface area contributed by atoms with Crippen LogP contribution in [0.5, 0.6) is 0 Å². The molecular formula is C9H4F3NO2. The molecule has 78 valence electrons. The van der Waals surface area contributed by atoms with Gasteiger partial charge in [0.1, 0.15) is 23.0 Å². The number of carbonyl (C=O) groups is 1. The summed E-state index contributed by atoms with van der Waals surface area (Å²) in [5, 5.41) is 0. The quantitative estimate of drug-likeness (QED) is 0.530. The van der Waals surface area contributed by atoms with Crippen LogP contribution in [0.1, 0.15) is 15.9 Å². The molecule has 6 heteroatoms. The summed E-state index contributed by atoms with van der Waals surface area (Å²) in [6.07, 6.45) is 0.853. The molecule has 0 heterocycles. The third kappa shape index (κ3) is 1.94. The standard InChI is InChI=1S/C9H4F3NO2/c1-4-5(10)2-6(11)7(8(4)12)9(15)13-3-14/h2H,1H3. The van der Waals surface area contributed by atoms with Crippen molar-refractivity contribution in [3.63, 3.8) is 0 Å². The Bertz CT molecular complexity index is 479. The summed E-state index contributed by atoms with van der Waals surface area (Å²) in [6, 6.07) is 0.353. The Morgan fingerprint density at radius 3 is 2.47 bits per heavy atom. The largest absolute Gasteiger partial charge is 0.293 e. The summed E-state index contributed by atoms with van der Waals surface area (Å²) in [4.78, 5) is 23.2. The number of isocyanates is 1. The monoisotopic (exact) mass is 215 g/mol. The lowest BCUT2D eigenvalue weighted by Crippen LogP contribution is -2.06. The number of benzene rings is 1. The van der Waals surface area contributed by atoms with E-state index in [4.69, 9.17) is 0 Å². The minimum atomic E-state index is -1.43. The molecule has 0 fully saturated rings. The van der Waals surface area contributed by atoms with E-state index in [2.05, 4.69) is 4.99 Å². The predicted molar refractivity (Wildman–Crippen MR) is 43.5 cm³/mol. The first-order valence-corrected chi connectivity index (χ1v) is 3.75. The minimum Gasteiger partial charge on any atom is -0.266 e. The van der Waals surface area contributed by atoms with E-state index in [1.54, 1.807) is 0 Å². The molecule has 0 aliphatic rings. The van der Waals surface area contributed by atoms with Gasteiger partial charge in [0.15, 0.2) is 0 Å². The van der Waals surface area contributed by atoms with Gasteiger partial charge in [-0.1, -0.05) is 0 Å². The van der Waals surface area contributed by atoms with Gasteiger partial charge in [-0.3, -0.25) is 4.79 Å². The first kappa shape index (κ1) is 11.1. The molecule has 0 radical (unpaired) electrons. The number of hydrogen-bond donors (Lipinski definition) is 0. The molecule has 1 rings (SSSR count). The third-order valence-corrected chi connectivity index (χ3v) is 1.76. The molecule has 0 saturated heterocycles. The number of halogens is 3. The second-order valence-electron chi connectivity index (χ2n) is 2.66. The van der Waals surface area contributed by atoms with E-state index < -0.39 is 34.5 Å². The van der Waals surface area contributed by atoms with Crippen LogP contribution < -0.4 is 0 Å². The Morgan fingerprint density at radius 1 is 1.33 bits per heavy atom. The molecule has 0 spiro atoms. The van der Waals surface area contributed by atoms with E-state index in [9.17, 15) is 22.8 Å². The Hall–Kier alpha value is -1.94. The predicted octanol–water partition coefficient (Wildman–Crippen LogP) is 1.89. The highest BCUT2D eigenvalue weighted by Gasteiger charge is 2.21. The van der Waals surface area contributed by atoms with Crippen LogP contribution in [0.4, 0.5) is 13.2 Å². The van der Waals surface area contributed by atoms with Gasteiger partial charge in [-0.25, -0.2) is 18.0 Å². The van der Waals surface area contributed by atoms with Crippen LogP contribution in [0, 0.1) is 24.4 Å². The molecule has 0 aromatic heterocycles. The number of aliphatic imine (C=N–C) groups is 1. The van der Waals surface area contributed by atoms with Crippen molar-refractivity contribution in [2.24, 2.45) is 4.99 Å². The summed E-state index contributed by atoms with van der Waals surface area (Å²) in [5.41, 5.74) is -1.57. The topological polar surface area (TPSA) is 46.5 Å². The van der Waals surface area contributed by atoms with Crippen LogP contribution in [-0.4, -0.2) is 12.0 Å². The van der Waals surface area contributed by atoms with E-state index in [0.29, 0.717) is 6.07 Å². The summed E-state index contributed by atoms with van der Waals surface area (Å²) < 4.78 is 39.0. The Kier molecular flexibility index (Phi) is 3.01. The highest BCUT2D eigenvalue weighted by molar-refractivity contribution is 5.98. The summed E-state index contributed by atoms with van der Waals surface area (Å²) in [6.45, 7) is 1.03. The Labute approximate surface area is 82.2 Å². The van der Waals surface area contributed by atoms with Gasteiger partial charge in [0.05, 0.1) is 0 Å². The van der Waals surface area contributed by atoms with Crippen LogP contribution in [0.25, 0.3) is 0 Å². The van der Waals surface area contributed by atoms with E-state index in [0.717, 1.165) is 13.0 Å². The summed E-state index contributed by atoms with van der Waals surface area (Å²) >= 11 is 0. The maximum absolute atomic E-state index is 13.2. The van der Waals surface area contributed by atoms with Crippen LogP contribution >= 0.6 is 0 Å². The number of rotatable bonds is 1. The van der Waals surface area contributed by atoms with Crippen molar-refractivity contribution in [3.05, 3.63) is 34.6 Å². The SMILES string of the molecule is Cc1c(F)cc(F)c(C(=O)N=C=O)c1F. The number of hydrogen-bond acceptors (Lipinski definition) is 2. The number of amides is 1. The first-order chi connectivity index (χ1) is 6.99. The molecule has 1 amide bonds. The van der Waals surface area contributed by atoms with Crippen LogP contribution in [0.15, 0.2) is 11.1 Å². The highest BCUT2D eigenvalue weighted by Crippen LogP contribution is 2.20. The van der Waals surface area contributed by atoms with E-state index in [1.165, 1.54) is 0 Å². The van der Waals surface area contributed by atoms with Crippen molar-refractivity contribution >= 4 is 12.0 Å². The normalized spacial score (nSPS) is 9.60. The zero-order chi connectivity index (χ0) is 11.6. The molecule has 0 aliphatic carbocycles. The minimum absolute atomic E-state index is 0.353. The van der Waals surface area contributed by atoms with Gasteiger partial charge < -0.3 is 0 Å². The molecule has 0 unspecified atom stereocenters. The second kappa shape index (κ2) is 4.06. The Balaban J connectivity index is 3.48. The van der Waals surface area contributed by atoms with Crippen molar-refractivity contribution in [3.8, 4) is 0 Å². The highest BCUT2D eigenvalue weighted by atomic mass is 19.1. The fourth-order valence-electron chi connectivity index (χ4n) is 0.982. The van der Waals surface area contributed by atoms with Gasteiger partial charge in [0.2, 0.25) is 6.08 Å². The molecule has 1 aromatic carbocycles. The van der Waals surface area contributed by atoms with Crippen molar-refractivity contribution in [1.29, 1.82) is 0 Å². The second-order valence-corrected chi connectivity index (χ2v) is 2.66. The number of nitrogens with zero attached hydrogens (tertiary/aromatic N) is 1. The van der Waals surface area contributed by atoms with E-state index >= 15 is 0 Å². The van der Waals surface area contributed by atoms with E-state index in [1.807, 2.05) is 0 Å². The third-order valence-electron chi connectivity index (χ3n) is 1.76. The van der Waals surface area contributed by atoms with Crippen molar-refractivity contribution < 1.29 is 22.8 Å². The molecule has 15 heavy (non-hydrogen) atoms. The van der Waals surface area contributed by atoms with Gasteiger partial charge in [-0.2, -0.15) is 0 Å². The van der Waals surface area contributed by atoms with Gasteiger partial charge in [0, 0.05) is 11.6 Å². The fraction of sp³-hybridized carbons (Fsp3) is 0.111. The van der Waals surface area contributed by atoms with Crippen LogP contribution in [0.2, 0.25) is 0 Å². The molecule has 0 bridgehead atoms. The van der Waals surface area contributed by atoms with Crippen LogP contribution in [-0.2, 0) is 4.79 Å². The first-order valence-electron chi connectivity index (χ1n) is 3.75. The lowest BCUT2D eigenvalue weighted by Gasteiger charge is -2.03. The molecule has 3 nitrogen and oxygen atoms in total. The average Bonchev–Trinajstić information content (AvgIpc) is 2.15. The number of carbonyl (C=O) groups excluding carboxylic acids is 2. The van der Waals surface area contributed by atoms with Crippen LogP contribution in [0.3, 0.4) is 0 Å². The lowest BCUT2D eigenvalue weighted by atomic mass is 10.1. The van der Waals surface area contributed by atoms with Gasteiger partial charge >= 0.3 is 0 Å². The van der Waals surface area contributed by atoms with Crippen molar-refractivity contribution in [1.82, 2.24) is 0 Å². The molecule has 1 aromatic rings. The molecule has 0 N–H and O–H groups in total. The van der Waals surface area contributed by atoms with Gasteiger partial charge in [0.25, 0.3) is 5.91 Å². The zero-order valence-electron chi connectivity index (χ0n) is 7.47. The lowest BCUT2D eigenvalue weighted by molar-refractivity contribution is 0.0994. The fourth-order valence-corrected chi connectivity index (χ4v) is 0.982. The summed E-state index contributed by atoms with van der Waals surface area (Å²) in [7, 11) is 0. The zero-order valence-corrected chi connectivity index (χ0v) is 7.47. The molecular weight excluding hydrogens is 211 g/mol. The summed E-state index contributed by atoms with van der Waals surface area (Å²) in [5.74, 6) is -5.31. The Morgan fingerprint density at radius 2 is 1.93 bits per heavy atom. The van der Waals surface area contributed by atoms with Crippen molar-refractivity contribution in [2.45, 2.75) is 6.92 Å². The molecule has 0 atom stereocenters. The van der Waals surface area contributed by atoms with Crippen molar-refractivity contribution in [2.75, 3.05) is 0 Å². The molecule has 0 saturated carbocycles. The smallest absolute Gasteiger partial charge is 0.266 e. The maximum Gasteiger partial charge on any atom is 0.293 e. The van der Waals surface area contributed by atoms with Gasteiger partial charge in [-0.15, -0.1) is 4.99 Å².